The first-order chi connectivity index (χ1) is 8.79. The molecule has 1 rings (SSSR count). The molecule has 0 aliphatic carbocycles. The van der Waals surface area contributed by atoms with Gasteiger partial charge in [-0.2, -0.15) is 0 Å². The molecule has 0 spiro atoms. The first-order valence-corrected chi connectivity index (χ1v) is 6.97. The van der Waals surface area contributed by atoms with Crippen molar-refractivity contribution < 1.29 is 13.3 Å². The van der Waals surface area contributed by atoms with Crippen LogP contribution in [0, 0.1) is 29.4 Å². The number of nitrogens with one attached hydrogen (secondary N) is 1. The molecule has 1 aromatic rings. The molecular weight excluding hydrogens is 268 g/mol. The number of benzene rings is 1. The Kier molecular flexibility index (Phi) is 4.64. The van der Waals surface area contributed by atoms with Crippen molar-refractivity contribution in [2.75, 3.05) is 0 Å². The molecule has 19 heavy (non-hydrogen) atoms. The van der Waals surface area contributed by atoms with E-state index in [4.69, 9.17) is 6.42 Å². The molecule has 6 nitrogen and oxygen atoms in total. The molecule has 0 bridgehead atoms. The maximum absolute atomic E-state index is 12.1. The van der Waals surface area contributed by atoms with Crippen LogP contribution in [0.4, 0.5) is 5.69 Å². The quantitative estimate of drug-likeness (QED) is 0.504. The van der Waals surface area contributed by atoms with Crippen LogP contribution in [0.25, 0.3) is 0 Å². The fourth-order valence-corrected chi connectivity index (χ4v) is 3.14. The summed E-state index contributed by atoms with van der Waals surface area (Å²) in [6.07, 6.45) is 5.35. The minimum atomic E-state index is -3.82. The lowest BCUT2D eigenvalue weighted by Gasteiger charge is -2.13. The van der Waals surface area contributed by atoms with Crippen LogP contribution in [-0.4, -0.2) is 19.4 Å². The van der Waals surface area contributed by atoms with Gasteiger partial charge in [0, 0.05) is 24.1 Å². The van der Waals surface area contributed by atoms with Crippen LogP contribution in [0.3, 0.4) is 0 Å². The molecule has 1 N–H and O–H groups in total. The number of hydrogen-bond acceptors (Lipinski definition) is 4. The number of hydrogen-bond donors (Lipinski definition) is 1. The molecule has 0 saturated carbocycles. The highest BCUT2D eigenvalue weighted by atomic mass is 32.2. The molecule has 0 aliphatic rings. The third-order valence-electron chi connectivity index (χ3n) is 2.52. The minimum Gasteiger partial charge on any atom is -0.258 e. The normalized spacial score (nSPS) is 12.7. The summed E-state index contributed by atoms with van der Waals surface area (Å²) in [5, 5.41) is 10.8. The van der Waals surface area contributed by atoms with Gasteiger partial charge in [-0.15, -0.1) is 12.3 Å². The lowest BCUT2D eigenvalue weighted by atomic mass is 10.2. The molecule has 0 aromatic heterocycles. The number of nitro benzene ring substituents is 1. The Morgan fingerprint density at radius 1 is 1.53 bits per heavy atom. The second-order valence-corrected chi connectivity index (χ2v) is 5.77. The van der Waals surface area contributed by atoms with E-state index in [1.807, 2.05) is 0 Å². The van der Waals surface area contributed by atoms with Crippen molar-refractivity contribution >= 4 is 15.7 Å². The zero-order chi connectivity index (χ0) is 14.6. The van der Waals surface area contributed by atoms with E-state index in [0.717, 1.165) is 0 Å². The fraction of sp³-hybridized carbons (Fsp3) is 0.333. The van der Waals surface area contributed by atoms with Crippen molar-refractivity contribution in [3.05, 3.63) is 33.9 Å². The second kappa shape index (κ2) is 5.82. The highest BCUT2D eigenvalue weighted by Crippen LogP contribution is 2.24. The number of nitro groups is 1. The Morgan fingerprint density at radius 2 is 2.16 bits per heavy atom. The summed E-state index contributed by atoms with van der Waals surface area (Å²) < 4.78 is 26.6. The topological polar surface area (TPSA) is 89.3 Å². The Balaban J connectivity index is 3.20. The van der Waals surface area contributed by atoms with Gasteiger partial charge in [0.1, 0.15) is 0 Å². The van der Waals surface area contributed by atoms with Crippen molar-refractivity contribution in [3.63, 3.8) is 0 Å². The van der Waals surface area contributed by atoms with Gasteiger partial charge in [-0.25, -0.2) is 13.1 Å². The smallest absolute Gasteiger partial charge is 0.258 e. The summed E-state index contributed by atoms with van der Waals surface area (Å²) in [6.45, 7) is 3.03. The maximum Gasteiger partial charge on any atom is 0.273 e. The van der Waals surface area contributed by atoms with E-state index in [9.17, 15) is 18.5 Å². The van der Waals surface area contributed by atoms with Crippen LogP contribution in [-0.2, 0) is 10.0 Å². The predicted octanol–water partition coefficient (Wildman–Crippen LogP) is 1.59. The zero-order valence-electron chi connectivity index (χ0n) is 10.6. The summed E-state index contributed by atoms with van der Waals surface area (Å²) in [7, 11) is -3.82. The monoisotopic (exact) mass is 282 g/mol. The van der Waals surface area contributed by atoms with Crippen LogP contribution in [0.5, 0.6) is 0 Å². The molecule has 1 aromatic carbocycles. The van der Waals surface area contributed by atoms with E-state index in [2.05, 4.69) is 10.6 Å². The van der Waals surface area contributed by atoms with Crippen LogP contribution < -0.4 is 4.72 Å². The van der Waals surface area contributed by atoms with E-state index in [1.54, 1.807) is 6.92 Å². The van der Waals surface area contributed by atoms with Crippen LogP contribution in [0.1, 0.15) is 18.9 Å². The van der Waals surface area contributed by atoms with E-state index in [-0.39, 0.29) is 22.6 Å². The molecular formula is C12H14N2O4S. The third kappa shape index (κ3) is 3.53. The molecule has 0 saturated heterocycles. The third-order valence-corrected chi connectivity index (χ3v) is 4.26. The van der Waals surface area contributed by atoms with E-state index >= 15 is 0 Å². The highest BCUT2D eigenvalue weighted by molar-refractivity contribution is 7.89. The number of terminal acetylenes is 1. The first kappa shape index (κ1) is 15.1. The van der Waals surface area contributed by atoms with Gasteiger partial charge in [0.05, 0.1) is 9.82 Å². The van der Waals surface area contributed by atoms with Gasteiger partial charge < -0.3 is 0 Å². The van der Waals surface area contributed by atoms with E-state index in [0.29, 0.717) is 0 Å². The number of rotatable bonds is 5. The second-order valence-electron chi connectivity index (χ2n) is 4.09. The number of nitrogens with zero attached hydrogens (tertiary/aromatic N) is 1. The van der Waals surface area contributed by atoms with Crippen LogP contribution >= 0.6 is 0 Å². The van der Waals surface area contributed by atoms with E-state index < -0.39 is 21.0 Å². The molecule has 7 heteroatoms. The summed E-state index contributed by atoms with van der Waals surface area (Å²) >= 11 is 0. The summed E-state index contributed by atoms with van der Waals surface area (Å²) in [5.74, 6) is 2.35. The molecule has 0 fully saturated rings. The van der Waals surface area contributed by atoms with Crippen molar-refractivity contribution in [1.29, 1.82) is 0 Å². The van der Waals surface area contributed by atoms with Gasteiger partial charge in [-0.3, -0.25) is 10.1 Å². The summed E-state index contributed by atoms with van der Waals surface area (Å²) in [5.41, 5.74) is -0.125. The summed E-state index contributed by atoms with van der Waals surface area (Å²) in [6, 6.07) is 3.49. The molecule has 0 heterocycles. The van der Waals surface area contributed by atoms with Crippen molar-refractivity contribution in [3.8, 4) is 12.3 Å². The fourth-order valence-electron chi connectivity index (χ4n) is 1.64. The maximum atomic E-state index is 12.1. The molecule has 1 unspecified atom stereocenters. The predicted molar refractivity (Wildman–Crippen MR) is 71.1 cm³/mol. The van der Waals surface area contributed by atoms with Crippen molar-refractivity contribution in [2.24, 2.45) is 0 Å². The van der Waals surface area contributed by atoms with Crippen molar-refractivity contribution in [2.45, 2.75) is 31.2 Å². The van der Waals surface area contributed by atoms with Crippen LogP contribution in [0.2, 0.25) is 0 Å². The molecule has 0 amide bonds. The molecule has 1 atom stereocenters. The Labute approximate surface area is 112 Å². The largest absolute Gasteiger partial charge is 0.273 e. The molecule has 102 valence electrons. The zero-order valence-corrected chi connectivity index (χ0v) is 11.4. The van der Waals surface area contributed by atoms with Gasteiger partial charge in [0.2, 0.25) is 10.0 Å². The average Bonchev–Trinajstić information content (AvgIpc) is 2.27. The number of sulfonamides is 1. The van der Waals surface area contributed by atoms with Gasteiger partial charge in [0.25, 0.3) is 5.69 Å². The first-order valence-electron chi connectivity index (χ1n) is 5.49. The SMILES string of the molecule is C#CCC(C)NS(=O)(=O)c1cccc([N+](=O)[O-])c1C. The Bertz CT molecular complexity index is 632. The standard InChI is InChI=1S/C12H14N2O4S/c1-4-6-9(2)13-19(17,18)12-8-5-7-11(10(12)3)14(15)16/h1,5,7-9,13H,6H2,2-3H3. The van der Waals surface area contributed by atoms with E-state index in [1.165, 1.54) is 25.1 Å². The summed E-state index contributed by atoms with van der Waals surface area (Å²) in [4.78, 5) is 10.1. The minimum absolute atomic E-state index is 0.105. The van der Waals surface area contributed by atoms with Crippen LogP contribution in [0.15, 0.2) is 23.1 Å². The van der Waals surface area contributed by atoms with Gasteiger partial charge in [0.15, 0.2) is 0 Å². The Morgan fingerprint density at radius 3 is 2.68 bits per heavy atom. The molecule has 0 radical (unpaired) electrons. The average molecular weight is 282 g/mol. The lowest BCUT2D eigenvalue weighted by molar-refractivity contribution is -0.385. The Hall–Kier alpha value is -1.91. The van der Waals surface area contributed by atoms with Gasteiger partial charge >= 0.3 is 0 Å². The lowest BCUT2D eigenvalue weighted by Crippen LogP contribution is -2.32. The highest BCUT2D eigenvalue weighted by Gasteiger charge is 2.23. The van der Waals surface area contributed by atoms with Gasteiger partial charge in [-0.1, -0.05) is 6.07 Å². The van der Waals surface area contributed by atoms with Crippen molar-refractivity contribution in [1.82, 2.24) is 4.72 Å². The molecule has 0 aliphatic heterocycles. The van der Waals surface area contributed by atoms with Gasteiger partial charge in [-0.05, 0) is 19.9 Å².